The summed E-state index contributed by atoms with van der Waals surface area (Å²) in [6, 6.07) is 12.9. The molecule has 1 N–H and O–H groups in total. The fourth-order valence-corrected chi connectivity index (χ4v) is 4.63. The normalized spacial score (nSPS) is 17.3. The van der Waals surface area contributed by atoms with Crippen molar-refractivity contribution < 1.29 is 9.53 Å². The number of hydrogen-bond acceptors (Lipinski definition) is 4. The standard InChI is InChI=1S/C26H30ClN3O2/c1-6-11-30-23-14-24(32-5)18(13-22(23)17(2)15-26(30,3)4)12-19(16-28)25(31)29-21-9-7-20(27)8-10-21/h7-10,12-14,17H,6,11,15H2,1-5H3,(H,29,31)/b19-12+. The highest BCUT2D eigenvalue weighted by atomic mass is 35.5. The lowest BCUT2D eigenvalue weighted by molar-refractivity contribution is -0.112. The number of anilines is 2. The first kappa shape index (κ1) is 23.7. The number of carbonyl (C=O) groups is 1. The molecule has 5 nitrogen and oxygen atoms in total. The van der Waals surface area contributed by atoms with Crippen molar-refractivity contribution in [3.63, 3.8) is 0 Å². The fraction of sp³-hybridized carbons (Fsp3) is 0.385. The Balaban J connectivity index is 2.01. The maximum absolute atomic E-state index is 12.7. The number of nitriles is 1. The van der Waals surface area contributed by atoms with E-state index in [-0.39, 0.29) is 11.1 Å². The molecule has 1 amide bonds. The second kappa shape index (κ2) is 9.67. The monoisotopic (exact) mass is 451 g/mol. The number of methoxy groups -OCH3 is 1. The molecular formula is C26H30ClN3O2. The van der Waals surface area contributed by atoms with Crippen molar-refractivity contribution in [3.05, 3.63) is 58.1 Å². The van der Waals surface area contributed by atoms with E-state index in [1.54, 1.807) is 37.5 Å². The molecule has 1 unspecified atom stereocenters. The average Bonchev–Trinajstić information content (AvgIpc) is 2.75. The molecule has 0 bridgehead atoms. The Bertz CT molecular complexity index is 1070. The summed E-state index contributed by atoms with van der Waals surface area (Å²) in [5, 5.41) is 13.0. The Morgan fingerprint density at radius 2 is 2.03 bits per heavy atom. The molecule has 1 aliphatic heterocycles. The Morgan fingerprint density at radius 1 is 1.34 bits per heavy atom. The molecule has 2 aromatic rings. The second-order valence-electron chi connectivity index (χ2n) is 8.85. The third kappa shape index (κ3) is 4.92. The van der Waals surface area contributed by atoms with E-state index in [0.717, 1.165) is 30.6 Å². The van der Waals surface area contributed by atoms with Crippen LogP contribution in [0.2, 0.25) is 5.02 Å². The molecule has 1 aliphatic rings. The van der Waals surface area contributed by atoms with Gasteiger partial charge in [0, 0.05) is 40.1 Å². The maximum atomic E-state index is 12.7. The van der Waals surface area contributed by atoms with E-state index in [2.05, 4.69) is 44.0 Å². The molecule has 1 heterocycles. The molecule has 0 spiro atoms. The minimum Gasteiger partial charge on any atom is -0.496 e. The van der Waals surface area contributed by atoms with Crippen molar-refractivity contribution in [3.8, 4) is 11.8 Å². The number of nitrogens with one attached hydrogen (secondary N) is 1. The molecule has 3 rings (SSSR count). The molecule has 0 fully saturated rings. The van der Waals surface area contributed by atoms with Gasteiger partial charge in [-0.3, -0.25) is 4.79 Å². The highest BCUT2D eigenvalue weighted by molar-refractivity contribution is 6.30. The van der Waals surface area contributed by atoms with Crippen LogP contribution < -0.4 is 15.0 Å². The Morgan fingerprint density at radius 3 is 2.62 bits per heavy atom. The first-order valence-corrected chi connectivity index (χ1v) is 11.3. The quantitative estimate of drug-likeness (QED) is 0.407. The van der Waals surface area contributed by atoms with E-state index in [0.29, 0.717) is 22.4 Å². The Kier molecular flexibility index (Phi) is 7.16. The van der Waals surface area contributed by atoms with Crippen molar-refractivity contribution in [2.24, 2.45) is 0 Å². The van der Waals surface area contributed by atoms with E-state index in [1.165, 1.54) is 5.56 Å². The third-order valence-electron chi connectivity index (χ3n) is 5.95. The molecule has 1 atom stereocenters. The van der Waals surface area contributed by atoms with Gasteiger partial charge in [-0.1, -0.05) is 25.4 Å². The van der Waals surface area contributed by atoms with Gasteiger partial charge >= 0.3 is 0 Å². The van der Waals surface area contributed by atoms with Gasteiger partial charge in [-0.15, -0.1) is 0 Å². The van der Waals surface area contributed by atoms with Crippen molar-refractivity contribution in [1.82, 2.24) is 0 Å². The number of halogens is 1. The van der Waals surface area contributed by atoms with Gasteiger partial charge in [0.05, 0.1) is 7.11 Å². The summed E-state index contributed by atoms with van der Waals surface area (Å²) in [6.45, 7) is 9.91. The molecule has 6 heteroatoms. The van der Waals surface area contributed by atoms with Gasteiger partial charge in [-0.25, -0.2) is 0 Å². The average molecular weight is 452 g/mol. The van der Waals surface area contributed by atoms with Crippen molar-refractivity contribution in [1.29, 1.82) is 5.26 Å². The molecule has 0 saturated heterocycles. The van der Waals surface area contributed by atoms with Crippen LogP contribution in [0.25, 0.3) is 6.08 Å². The fourth-order valence-electron chi connectivity index (χ4n) is 4.50. The van der Waals surface area contributed by atoms with E-state index >= 15 is 0 Å². The second-order valence-corrected chi connectivity index (χ2v) is 9.29. The molecule has 2 aromatic carbocycles. The van der Waals surface area contributed by atoms with Crippen molar-refractivity contribution in [2.75, 3.05) is 23.9 Å². The van der Waals surface area contributed by atoms with Crippen molar-refractivity contribution in [2.45, 2.75) is 52.0 Å². The first-order chi connectivity index (χ1) is 15.2. The van der Waals surface area contributed by atoms with Crippen LogP contribution in [0.1, 0.15) is 57.6 Å². The van der Waals surface area contributed by atoms with Crippen LogP contribution in [0.3, 0.4) is 0 Å². The summed E-state index contributed by atoms with van der Waals surface area (Å²) in [6.07, 6.45) is 3.67. The third-order valence-corrected chi connectivity index (χ3v) is 6.20. The van der Waals surface area contributed by atoms with Crippen LogP contribution in [0.15, 0.2) is 42.0 Å². The zero-order valence-corrected chi connectivity index (χ0v) is 20.1. The SMILES string of the molecule is CCCN1c2cc(OC)c(/C=C(\C#N)C(=O)Nc3ccc(Cl)cc3)cc2C(C)CC1(C)C. The van der Waals surface area contributed by atoms with Crippen LogP contribution in [-0.4, -0.2) is 25.1 Å². The highest BCUT2D eigenvalue weighted by Crippen LogP contribution is 2.46. The summed E-state index contributed by atoms with van der Waals surface area (Å²) in [4.78, 5) is 15.2. The first-order valence-electron chi connectivity index (χ1n) is 10.9. The molecule has 168 valence electrons. The number of hydrogen-bond donors (Lipinski definition) is 1. The number of nitrogens with zero attached hydrogens (tertiary/aromatic N) is 2. The summed E-state index contributed by atoms with van der Waals surface area (Å²) >= 11 is 5.90. The van der Waals surface area contributed by atoms with Gasteiger partial charge in [-0.05, 0) is 74.6 Å². The number of rotatable bonds is 6. The number of ether oxygens (including phenoxy) is 1. The van der Waals surface area contributed by atoms with Gasteiger partial charge in [0.2, 0.25) is 0 Å². The van der Waals surface area contributed by atoms with Gasteiger partial charge in [-0.2, -0.15) is 5.26 Å². The molecule has 32 heavy (non-hydrogen) atoms. The van der Waals surface area contributed by atoms with E-state index in [4.69, 9.17) is 16.3 Å². The molecule has 0 saturated carbocycles. The lowest BCUT2D eigenvalue weighted by Crippen LogP contribution is -2.48. The summed E-state index contributed by atoms with van der Waals surface area (Å²) in [7, 11) is 1.61. The topological polar surface area (TPSA) is 65.4 Å². The van der Waals surface area contributed by atoms with Gasteiger partial charge in [0.1, 0.15) is 17.4 Å². The predicted octanol–water partition coefficient (Wildman–Crippen LogP) is 6.40. The molecule has 0 aliphatic carbocycles. The lowest BCUT2D eigenvalue weighted by Gasteiger charge is -2.47. The van der Waals surface area contributed by atoms with Crippen LogP contribution in [0.5, 0.6) is 5.75 Å². The van der Waals surface area contributed by atoms with Crippen LogP contribution in [-0.2, 0) is 4.79 Å². The van der Waals surface area contributed by atoms with Crippen LogP contribution in [0, 0.1) is 11.3 Å². The summed E-state index contributed by atoms with van der Waals surface area (Å²) in [5.41, 5.74) is 3.71. The lowest BCUT2D eigenvalue weighted by atomic mass is 9.79. The molecular weight excluding hydrogens is 422 g/mol. The summed E-state index contributed by atoms with van der Waals surface area (Å²) in [5.74, 6) is 0.512. The van der Waals surface area contributed by atoms with Crippen LogP contribution >= 0.6 is 11.6 Å². The number of carbonyl (C=O) groups excluding carboxylic acids is 1. The van der Waals surface area contributed by atoms with E-state index < -0.39 is 5.91 Å². The number of fused-ring (bicyclic) bond motifs is 1. The van der Waals surface area contributed by atoms with Crippen LogP contribution in [0.4, 0.5) is 11.4 Å². The molecule has 0 radical (unpaired) electrons. The predicted molar refractivity (Wildman–Crippen MR) is 131 cm³/mol. The minimum absolute atomic E-state index is 0.00686. The van der Waals surface area contributed by atoms with Crippen molar-refractivity contribution >= 4 is 35.0 Å². The van der Waals surface area contributed by atoms with Gasteiger partial charge in [0.15, 0.2) is 0 Å². The van der Waals surface area contributed by atoms with E-state index in [1.807, 2.05) is 12.1 Å². The number of amides is 1. The minimum atomic E-state index is -0.476. The van der Waals surface area contributed by atoms with E-state index in [9.17, 15) is 10.1 Å². The maximum Gasteiger partial charge on any atom is 0.266 e. The molecule has 0 aromatic heterocycles. The number of benzene rings is 2. The largest absolute Gasteiger partial charge is 0.496 e. The van der Waals surface area contributed by atoms with Gasteiger partial charge < -0.3 is 15.0 Å². The zero-order valence-electron chi connectivity index (χ0n) is 19.3. The smallest absolute Gasteiger partial charge is 0.266 e. The Hall–Kier alpha value is -2.97. The Labute approximate surface area is 195 Å². The summed E-state index contributed by atoms with van der Waals surface area (Å²) < 4.78 is 5.67. The zero-order chi connectivity index (χ0) is 23.5. The van der Waals surface area contributed by atoms with Gasteiger partial charge in [0.25, 0.3) is 5.91 Å². The highest BCUT2D eigenvalue weighted by Gasteiger charge is 2.36.